The van der Waals surface area contributed by atoms with Crippen molar-refractivity contribution in [2.75, 3.05) is 6.54 Å². The van der Waals surface area contributed by atoms with E-state index in [0.29, 0.717) is 23.1 Å². The monoisotopic (exact) mass is 341 g/mol. The number of rotatable bonds is 6. The molecule has 2 rings (SSSR count). The average Bonchev–Trinajstić information content (AvgIpc) is 2.96. The third kappa shape index (κ3) is 4.89. The Morgan fingerprint density at radius 3 is 2.91 bits per heavy atom. The van der Waals surface area contributed by atoms with Crippen molar-refractivity contribution in [3.63, 3.8) is 0 Å². The molecule has 0 bridgehead atoms. The van der Waals surface area contributed by atoms with Gasteiger partial charge in [0.25, 0.3) is 0 Å². The second-order valence-corrected chi connectivity index (χ2v) is 5.65. The molecule has 0 saturated carbocycles. The largest absolute Gasteiger partial charge is 0.338 e. The van der Waals surface area contributed by atoms with E-state index in [-0.39, 0.29) is 12.1 Å². The molecule has 2 amide bonds. The smallest absolute Gasteiger partial charge is 0.315 e. The zero-order chi connectivity index (χ0) is 15.9. The van der Waals surface area contributed by atoms with Crippen molar-refractivity contribution in [3.8, 4) is 0 Å². The zero-order valence-electron chi connectivity index (χ0n) is 12.1. The molecule has 118 valence electrons. The fraction of sp³-hybridized carbons (Fsp3) is 0.357. The van der Waals surface area contributed by atoms with Gasteiger partial charge in [0.15, 0.2) is 0 Å². The van der Waals surface area contributed by atoms with E-state index in [1.165, 1.54) is 0 Å². The number of amides is 2. The van der Waals surface area contributed by atoms with Gasteiger partial charge >= 0.3 is 6.03 Å². The Balaban J connectivity index is 1.74. The molecule has 1 aromatic carbocycles. The number of benzene rings is 1. The van der Waals surface area contributed by atoms with Gasteiger partial charge in [-0.15, -0.1) is 5.10 Å². The molecule has 0 saturated heterocycles. The summed E-state index contributed by atoms with van der Waals surface area (Å²) in [5.74, 6) is 0. The van der Waals surface area contributed by atoms with Crippen molar-refractivity contribution in [1.29, 1.82) is 0 Å². The number of carbonyl (C=O) groups excluding carboxylic acids is 1. The molecule has 0 radical (unpaired) electrons. The molecule has 1 heterocycles. The highest BCUT2D eigenvalue weighted by atomic mass is 35.5. The van der Waals surface area contributed by atoms with E-state index in [4.69, 9.17) is 23.2 Å². The summed E-state index contributed by atoms with van der Waals surface area (Å²) in [5, 5.41) is 14.3. The van der Waals surface area contributed by atoms with Gasteiger partial charge in [-0.2, -0.15) is 0 Å². The van der Waals surface area contributed by atoms with Crippen LogP contribution in [0.15, 0.2) is 30.6 Å². The Bertz CT molecular complexity index is 618. The minimum atomic E-state index is -0.239. The van der Waals surface area contributed by atoms with Gasteiger partial charge in [-0.3, -0.25) is 4.68 Å². The maximum absolute atomic E-state index is 11.8. The summed E-state index contributed by atoms with van der Waals surface area (Å²) < 4.78 is 1.72. The summed E-state index contributed by atoms with van der Waals surface area (Å²) in [6.45, 7) is 3.12. The molecule has 6 nitrogen and oxygen atoms in total. The topological polar surface area (TPSA) is 71.8 Å². The fourth-order valence-electron chi connectivity index (χ4n) is 1.97. The third-order valence-corrected chi connectivity index (χ3v) is 3.66. The Morgan fingerprint density at radius 1 is 1.41 bits per heavy atom. The van der Waals surface area contributed by atoms with Crippen LogP contribution in [-0.4, -0.2) is 27.6 Å². The normalized spacial score (nSPS) is 12.0. The standard InChI is InChI=1S/C14H17Cl2N5O/c1-10(12-4-3-11(15)9-13(12)16)19-14(22)17-5-2-7-21-8-6-18-20-21/h3-4,6,8-10H,2,5,7H2,1H3,(H2,17,19,22). The lowest BCUT2D eigenvalue weighted by atomic mass is 10.1. The van der Waals surface area contributed by atoms with Gasteiger partial charge in [-0.05, 0) is 31.0 Å². The van der Waals surface area contributed by atoms with Crippen molar-refractivity contribution in [2.45, 2.75) is 25.9 Å². The molecule has 2 aromatic rings. The van der Waals surface area contributed by atoms with Gasteiger partial charge in [0.05, 0.1) is 12.2 Å². The van der Waals surface area contributed by atoms with Gasteiger partial charge in [0.1, 0.15) is 0 Å². The minimum Gasteiger partial charge on any atom is -0.338 e. The van der Waals surface area contributed by atoms with Crippen LogP contribution in [0.2, 0.25) is 10.0 Å². The summed E-state index contributed by atoms with van der Waals surface area (Å²) in [7, 11) is 0. The summed E-state index contributed by atoms with van der Waals surface area (Å²) >= 11 is 12.0. The van der Waals surface area contributed by atoms with Crippen molar-refractivity contribution in [3.05, 3.63) is 46.2 Å². The van der Waals surface area contributed by atoms with Crippen molar-refractivity contribution < 1.29 is 4.79 Å². The van der Waals surface area contributed by atoms with Crippen LogP contribution in [0.3, 0.4) is 0 Å². The van der Waals surface area contributed by atoms with Crippen LogP contribution < -0.4 is 10.6 Å². The van der Waals surface area contributed by atoms with Crippen molar-refractivity contribution >= 4 is 29.2 Å². The molecule has 1 atom stereocenters. The number of nitrogens with zero attached hydrogens (tertiary/aromatic N) is 3. The molecular weight excluding hydrogens is 325 g/mol. The van der Waals surface area contributed by atoms with Gasteiger partial charge in [0.2, 0.25) is 0 Å². The lowest BCUT2D eigenvalue weighted by molar-refractivity contribution is 0.237. The summed E-state index contributed by atoms with van der Waals surface area (Å²) in [5.41, 5.74) is 0.823. The van der Waals surface area contributed by atoms with E-state index >= 15 is 0 Å². The number of aromatic nitrogens is 3. The molecule has 0 spiro atoms. The molecule has 1 aromatic heterocycles. The molecule has 0 aliphatic heterocycles. The molecule has 0 fully saturated rings. The van der Waals surface area contributed by atoms with Crippen LogP contribution in [0.1, 0.15) is 24.9 Å². The van der Waals surface area contributed by atoms with Gasteiger partial charge in [-0.25, -0.2) is 4.79 Å². The minimum absolute atomic E-state index is 0.208. The number of hydrogen-bond donors (Lipinski definition) is 2. The van der Waals surface area contributed by atoms with Crippen LogP contribution in [0.25, 0.3) is 0 Å². The van der Waals surface area contributed by atoms with E-state index in [2.05, 4.69) is 20.9 Å². The van der Waals surface area contributed by atoms with E-state index in [1.54, 1.807) is 35.3 Å². The maximum Gasteiger partial charge on any atom is 0.315 e. The first-order valence-electron chi connectivity index (χ1n) is 6.89. The summed E-state index contributed by atoms with van der Waals surface area (Å²) in [4.78, 5) is 11.8. The van der Waals surface area contributed by atoms with Crippen LogP contribution in [0.4, 0.5) is 4.79 Å². The second-order valence-electron chi connectivity index (χ2n) is 4.81. The maximum atomic E-state index is 11.8. The van der Waals surface area contributed by atoms with Crippen LogP contribution >= 0.6 is 23.2 Å². The van der Waals surface area contributed by atoms with Crippen molar-refractivity contribution in [1.82, 2.24) is 25.6 Å². The summed E-state index contributed by atoms with van der Waals surface area (Å²) in [6, 6.07) is 4.77. The first-order valence-corrected chi connectivity index (χ1v) is 7.65. The SMILES string of the molecule is CC(NC(=O)NCCCn1ccnn1)c1ccc(Cl)cc1Cl. The zero-order valence-corrected chi connectivity index (χ0v) is 13.6. The van der Waals surface area contributed by atoms with Crippen LogP contribution in [-0.2, 0) is 6.54 Å². The lowest BCUT2D eigenvalue weighted by Crippen LogP contribution is -2.37. The van der Waals surface area contributed by atoms with Crippen molar-refractivity contribution in [2.24, 2.45) is 0 Å². The third-order valence-electron chi connectivity index (χ3n) is 3.10. The molecule has 0 aliphatic rings. The Hall–Kier alpha value is -1.79. The Kier molecular flexibility index (Phi) is 6.03. The summed E-state index contributed by atoms with van der Waals surface area (Å²) in [6.07, 6.45) is 4.18. The Labute approximate surface area is 138 Å². The van der Waals surface area contributed by atoms with E-state index < -0.39 is 0 Å². The molecule has 22 heavy (non-hydrogen) atoms. The quantitative estimate of drug-likeness (QED) is 0.793. The van der Waals surface area contributed by atoms with E-state index in [1.807, 2.05) is 6.92 Å². The number of hydrogen-bond acceptors (Lipinski definition) is 3. The Morgan fingerprint density at radius 2 is 2.23 bits per heavy atom. The number of aryl methyl sites for hydroxylation is 1. The number of urea groups is 1. The first-order chi connectivity index (χ1) is 10.6. The van der Waals surface area contributed by atoms with E-state index in [0.717, 1.165) is 12.0 Å². The number of carbonyl (C=O) groups is 1. The highest BCUT2D eigenvalue weighted by Gasteiger charge is 2.12. The molecule has 8 heteroatoms. The van der Waals surface area contributed by atoms with Crippen LogP contribution in [0.5, 0.6) is 0 Å². The fourth-order valence-corrected chi connectivity index (χ4v) is 2.55. The number of nitrogens with one attached hydrogen (secondary N) is 2. The molecule has 2 N–H and O–H groups in total. The van der Waals surface area contributed by atoms with Gasteiger partial charge in [0, 0.05) is 29.3 Å². The first kappa shape index (κ1) is 16.6. The predicted octanol–water partition coefficient (Wildman–Crippen LogP) is 3.04. The number of halogens is 2. The van der Waals surface area contributed by atoms with Gasteiger partial charge in [-0.1, -0.05) is 34.5 Å². The average molecular weight is 342 g/mol. The molecule has 1 unspecified atom stereocenters. The molecule has 0 aliphatic carbocycles. The van der Waals surface area contributed by atoms with E-state index in [9.17, 15) is 4.79 Å². The van der Waals surface area contributed by atoms with Gasteiger partial charge < -0.3 is 10.6 Å². The molecular formula is C14H17Cl2N5O. The highest BCUT2D eigenvalue weighted by Crippen LogP contribution is 2.25. The van der Waals surface area contributed by atoms with Crippen LogP contribution in [0, 0.1) is 0 Å². The lowest BCUT2D eigenvalue weighted by Gasteiger charge is -2.16. The second kappa shape index (κ2) is 8.00. The highest BCUT2D eigenvalue weighted by molar-refractivity contribution is 6.35. The predicted molar refractivity (Wildman–Crippen MR) is 86.1 cm³/mol.